The number of carbonyl (C=O) groups is 4. The average Bonchev–Trinajstić information content (AvgIpc) is 4.39. The van der Waals surface area contributed by atoms with Crippen molar-refractivity contribution in [3.8, 4) is 61.8 Å². The van der Waals surface area contributed by atoms with Crippen LogP contribution in [-0.4, -0.2) is 97.7 Å². The van der Waals surface area contributed by atoms with Crippen molar-refractivity contribution in [2.24, 2.45) is 11.8 Å². The van der Waals surface area contributed by atoms with Crippen LogP contribution in [0.25, 0.3) is 66.9 Å². The third kappa shape index (κ3) is 9.79. The molecule has 8 aromatic rings. The van der Waals surface area contributed by atoms with Crippen LogP contribution in [0.15, 0.2) is 134 Å². The first-order valence-corrected chi connectivity index (χ1v) is 26.5. The molecule has 2 fully saturated rings. The van der Waals surface area contributed by atoms with Crippen molar-refractivity contribution >= 4 is 34.9 Å². The Labute approximate surface area is 447 Å². The molecule has 4 N–H and O–H groups in total. The van der Waals surface area contributed by atoms with Crippen molar-refractivity contribution in [3.05, 3.63) is 151 Å². The number of aromatic amines is 2. The molecule has 6 heterocycles. The van der Waals surface area contributed by atoms with Gasteiger partial charge >= 0.3 is 12.2 Å². The highest BCUT2D eigenvalue weighted by molar-refractivity contribution is 5.93. The van der Waals surface area contributed by atoms with Crippen LogP contribution in [0.4, 0.5) is 9.59 Å². The van der Waals surface area contributed by atoms with Gasteiger partial charge in [0.05, 0.1) is 61.3 Å². The second-order valence-electron chi connectivity index (χ2n) is 20.9. The van der Waals surface area contributed by atoms with E-state index in [0.717, 1.165) is 92.6 Å². The van der Waals surface area contributed by atoms with E-state index >= 15 is 0 Å². The number of hydrogen-bond donors (Lipinski definition) is 4. The monoisotopic (exact) mass is 1030 g/mol. The molecule has 16 nitrogen and oxygen atoms in total. The van der Waals surface area contributed by atoms with Crippen LogP contribution >= 0.6 is 0 Å². The molecule has 3 aliphatic rings. The van der Waals surface area contributed by atoms with E-state index in [2.05, 4.69) is 140 Å². The highest BCUT2D eigenvalue weighted by atomic mass is 16.5. The topological polar surface area (TPSA) is 189 Å². The molecule has 0 radical (unpaired) electrons. The molecule has 11 rings (SSSR count). The number of likely N-dealkylation sites (tertiary alicyclic amines) is 2. The second-order valence-corrected chi connectivity index (χ2v) is 20.9. The van der Waals surface area contributed by atoms with Crippen LogP contribution in [0.2, 0.25) is 0 Å². The summed E-state index contributed by atoms with van der Waals surface area (Å²) in [5.74, 6) is 1.48. The molecular weight excluding hydrogens is 971 g/mol. The molecule has 394 valence electrons. The van der Waals surface area contributed by atoms with E-state index in [4.69, 9.17) is 24.2 Å². The number of ether oxygens (including phenoxy) is 3. The number of nitrogens with zero attached hydrogens (tertiary/aromatic N) is 5. The van der Waals surface area contributed by atoms with Crippen molar-refractivity contribution in [2.75, 3.05) is 27.3 Å². The van der Waals surface area contributed by atoms with Crippen LogP contribution in [-0.2, 0) is 19.1 Å². The number of carbonyl (C=O) groups excluding carboxylic acids is 4. The molecule has 5 atom stereocenters. The van der Waals surface area contributed by atoms with Crippen molar-refractivity contribution in [2.45, 2.75) is 83.8 Å². The van der Waals surface area contributed by atoms with Gasteiger partial charge in [-0.25, -0.2) is 19.6 Å². The van der Waals surface area contributed by atoms with E-state index in [9.17, 15) is 19.2 Å². The predicted octanol–water partition coefficient (Wildman–Crippen LogP) is 11.4. The number of fused-ring (bicyclic) bond motifs is 5. The summed E-state index contributed by atoms with van der Waals surface area (Å²) in [5.41, 5.74) is 11.9. The first-order valence-electron chi connectivity index (χ1n) is 26.5. The quantitative estimate of drug-likeness (QED) is 0.0871. The smallest absolute Gasteiger partial charge is 0.407 e. The summed E-state index contributed by atoms with van der Waals surface area (Å²) in [6.45, 7) is 8.74. The molecule has 0 aliphatic carbocycles. The number of benzene rings is 5. The number of amides is 4. The molecule has 0 spiro atoms. The number of imidazole rings is 2. The number of methoxy groups -OCH3 is 2. The van der Waals surface area contributed by atoms with Gasteiger partial charge in [0, 0.05) is 40.7 Å². The van der Waals surface area contributed by atoms with E-state index in [0.29, 0.717) is 30.5 Å². The lowest BCUT2D eigenvalue weighted by molar-refractivity contribution is -0.136. The molecule has 4 amide bonds. The molecule has 0 saturated carbocycles. The van der Waals surface area contributed by atoms with Gasteiger partial charge in [-0.3, -0.25) is 9.59 Å². The standard InChI is InChI=1S/C61H63N9O7/c1-35(2)53(66-60(73)75-5)57(71)68-28-10-14-49(68)55-62-33-46(64-55)42-25-27-48-44(30-42)31-51-45-26-24-43(47-34-63-56(65-47)50-15-11-29-69(50)58(72)54(36(3)4)67-61(74)76-6)32-52(45)77-59(70(48)51)41-22-20-40(21-23-41)39-18-16-38(17-19-39)37-12-8-7-9-13-37/h7-9,12-13,16-27,30-36,49-50,53-54,59H,10-11,14-15,28-29H2,1-6H3,(H,62,64)(H,63,65)(H,66,73)(H,67,74)/t49-,50-,53-,54-,59?/m0/s1. The lowest BCUT2D eigenvalue weighted by atomic mass is 9.99. The predicted molar refractivity (Wildman–Crippen MR) is 294 cm³/mol. The van der Waals surface area contributed by atoms with Gasteiger partial charge in [-0.2, -0.15) is 0 Å². The van der Waals surface area contributed by atoms with Gasteiger partial charge in [-0.1, -0.05) is 119 Å². The number of aromatic nitrogens is 5. The number of rotatable bonds is 13. The number of H-pyrrole nitrogens is 2. The molecule has 1 unspecified atom stereocenters. The number of alkyl carbamates (subject to hydrolysis) is 2. The first-order chi connectivity index (χ1) is 37.4. The maximum Gasteiger partial charge on any atom is 0.407 e. The Kier molecular flexibility index (Phi) is 13.9. The minimum absolute atomic E-state index is 0.141. The average molecular weight is 1030 g/mol. The zero-order valence-electron chi connectivity index (χ0n) is 44.1. The van der Waals surface area contributed by atoms with Gasteiger partial charge < -0.3 is 49.2 Å². The van der Waals surface area contributed by atoms with E-state index in [1.165, 1.54) is 19.8 Å². The molecular formula is C61H63N9O7. The van der Waals surface area contributed by atoms with E-state index in [1.54, 1.807) is 0 Å². The fraction of sp³-hybridized carbons (Fsp3) is 0.311. The van der Waals surface area contributed by atoms with Crippen LogP contribution in [0.3, 0.4) is 0 Å². The molecule has 3 aliphatic heterocycles. The van der Waals surface area contributed by atoms with Gasteiger partial charge in [0.2, 0.25) is 18.0 Å². The van der Waals surface area contributed by atoms with Crippen molar-refractivity contribution < 1.29 is 33.4 Å². The zero-order valence-corrected chi connectivity index (χ0v) is 44.1. The fourth-order valence-electron chi connectivity index (χ4n) is 11.3. The lowest BCUT2D eigenvalue weighted by Gasteiger charge is -2.31. The summed E-state index contributed by atoms with van der Waals surface area (Å²) in [6.07, 6.45) is 4.93. The van der Waals surface area contributed by atoms with Crippen molar-refractivity contribution in [1.82, 2.24) is 44.9 Å². The zero-order chi connectivity index (χ0) is 53.5. The summed E-state index contributed by atoms with van der Waals surface area (Å²) in [6, 6.07) is 40.4. The maximum absolute atomic E-state index is 13.9. The Morgan fingerprint density at radius 2 is 1.08 bits per heavy atom. The SMILES string of the molecule is COC(=O)N[C@H](C(=O)N1CCC[C@H]1c1ncc(-c2ccc3c(c2)OC(c2ccc(-c4ccc(-c5ccccc5)cc4)cc2)n2c-3cc3cc(-c4cnc([C@@H]5CCCN5C(=O)[C@@H](NC(=O)OC)C(C)C)[nH]4)ccc32)[nH]1)C(C)C. The molecule has 5 aromatic carbocycles. The molecule has 3 aromatic heterocycles. The first kappa shape index (κ1) is 50.5. The second kappa shape index (κ2) is 21.2. The molecule has 77 heavy (non-hydrogen) atoms. The van der Waals surface area contributed by atoms with Crippen molar-refractivity contribution in [1.29, 1.82) is 0 Å². The summed E-state index contributed by atoms with van der Waals surface area (Å²) < 4.78 is 19.1. The Morgan fingerprint density at radius 1 is 0.597 bits per heavy atom. The highest BCUT2D eigenvalue weighted by Gasteiger charge is 2.39. The third-order valence-electron chi connectivity index (χ3n) is 15.4. The minimum atomic E-state index is -0.735. The van der Waals surface area contributed by atoms with Crippen molar-refractivity contribution in [3.63, 3.8) is 0 Å². The lowest BCUT2D eigenvalue weighted by Crippen LogP contribution is -2.51. The van der Waals surface area contributed by atoms with Gasteiger partial charge in [0.25, 0.3) is 0 Å². The van der Waals surface area contributed by atoms with E-state index < -0.39 is 30.5 Å². The molecule has 2 saturated heterocycles. The summed E-state index contributed by atoms with van der Waals surface area (Å²) >= 11 is 0. The number of hydrogen-bond acceptors (Lipinski definition) is 9. The normalized spacial score (nSPS) is 17.7. The molecule has 16 heteroatoms. The summed E-state index contributed by atoms with van der Waals surface area (Å²) in [7, 11) is 2.59. The summed E-state index contributed by atoms with van der Waals surface area (Å²) in [5, 5.41) is 6.48. The van der Waals surface area contributed by atoms with Gasteiger partial charge in [-0.15, -0.1) is 0 Å². The van der Waals surface area contributed by atoms with Crippen LogP contribution in [0, 0.1) is 11.8 Å². The minimum Gasteiger partial charge on any atom is -0.465 e. The largest absolute Gasteiger partial charge is 0.465 e. The van der Waals surface area contributed by atoms with Gasteiger partial charge in [0.1, 0.15) is 29.5 Å². The Hall–Kier alpha value is -8.66. The van der Waals surface area contributed by atoms with Crippen LogP contribution in [0.1, 0.15) is 88.9 Å². The Bertz CT molecular complexity index is 3470. The Balaban J connectivity index is 0.914. The maximum atomic E-state index is 13.9. The van der Waals surface area contributed by atoms with Gasteiger partial charge in [0.15, 0.2) is 0 Å². The summed E-state index contributed by atoms with van der Waals surface area (Å²) in [4.78, 5) is 72.6. The van der Waals surface area contributed by atoms with E-state index in [-0.39, 0.29) is 35.7 Å². The van der Waals surface area contributed by atoms with E-state index in [1.807, 2.05) is 56.0 Å². The van der Waals surface area contributed by atoms with Crippen LogP contribution in [0.5, 0.6) is 5.75 Å². The van der Waals surface area contributed by atoms with Crippen LogP contribution < -0.4 is 15.4 Å². The highest BCUT2D eigenvalue weighted by Crippen LogP contribution is 2.47. The number of nitrogens with one attached hydrogen (secondary N) is 4. The van der Waals surface area contributed by atoms with Gasteiger partial charge in [-0.05, 0) is 90.1 Å². The Morgan fingerprint density at radius 3 is 1.60 bits per heavy atom. The fourth-order valence-corrected chi connectivity index (χ4v) is 11.3. The third-order valence-corrected chi connectivity index (χ3v) is 15.4. The molecule has 0 bridgehead atoms.